The highest BCUT2D eigenvalue weighted by Crippen LogP contribution is 2.20. The summed E-state index contributed by atoms with van der Waals surface area (Å²) in [5.74, 6) is 0.750. The molecule has 0 unspecified atom stereocenters. The maximum Gasteiger partial charge on any atom is 0.188 e. The SMILES string of the molecule is COC(Cn1c(S)nnc1-c1ccccc1)OC. The number of hydrogen-bond donors (Lipinski definition) is 1. The normalized spacial score (nSPS) is 11.1. The summed E-state index contributed by atoms with van der Waals surface area (Å²) >= 11 is 4.30. The average molecular weight is 265 g/mol. The fraction of sp³-hybridized carbons (Fsp3) is 0.333. The Bertz CT molecular complexity index is 497. The van der Waals surface area contributed by atoms with Crippen molar-refractivity contribution in [2.45, 2.75) is 18.0 Å². The lowest BCUT2D eigenvalue weighted by molar-refractivity contribution is -0.111. The molecule has 0 saturated carbocycles. The van der Waals surface area contributed by atoms with E-state index in [1.165, 1.54) is 0 Å². The summed E-state index contributed by atoms with van der Waals surface area (Å²) in [5.41, 5.74) is 0.983. The van der Waals surface area contributed by atoms with Crippen LogP contribution in [0.15, 0.2) is 35.5 Å². The molecular weight excluding hydrogens is 250 g/mol. The van der Waals surface area contributed by atoms with Gasteiger partial charge in [-0.25, -0.2) is 0 Å². The zero-order valence-electron chi connectivity index (χ0n) is 10.3. The van der Waals surface area contributed by atoms with E-state index in [2.05, 4.69) is 22.8 Å². The molecule has 2 aromatic rings. The number of rotatable bonds is 5. The van der Waals surface area contributed by atoms with Crippen molar-refractivity contribution in [3.8, 4) is 11.4 Å². The van der Waals surface area contributed by atoms with Gasteiger partial charge in [0, 0.05) is 19.8 Å². The summed E-state index contributed by atoms with van der Waals surface area (Å²) in [6, 6.07) is 9.82. The first-order valence-electron chi connectivity index (χ1n) is 5.49. The summed E-state index contributed by atoms with van der Waals surface area (Å²) in [7, 11) is 3.19. The fourth-order valence-corrected chi connectivity index (χ4v) is 1.88. The van der Waals surface area contributed by atoms with Gasteiger partial charge in [-0.2, -0.15) is 0 Å². The van der Waals surface area contributed by atoms with Crippen LogP contribution in [0.25, 0.3) is 11.4 Å². The first-order valence-corrected chi connectivity index (χ1v) is 5.94. The van der Waals surface area contributed by atoms with Crippen molar-refractivity contribution < 1.29 is 9.47 Å². The molecule has 6 heteroatoms. The molecule has 5 nitrogen and oxygen atoms in total. The number of aromatic nitrogens is 3. The maximum absolute atomic E-state index is 5.19. The third-order valence-electron chi connectivity index (χ3n) is 2.62. The minimum Gasteiger partial charge on any atom is -0.354 e. The van der Waals surface area contributed by atoms with Gasteiger partial charge in [0.15, 0.2) is 17.3 Å². The van der Waals surface area contributed by atoms with Crippen molar-refractivity contribution in [2.24, 2.45) is 0 Å². The molecule has 18 heavy (non-hydrogen) atoms. The van der Waals surface area contributed by atoms with Gasteiger partial charge < -0.3 is 9.47 Å². The molecule has 0 atom stereocenters. The van der Waals surface area contributed by atoms with Crippen LogP contribution in [0.2, 0.25) is 0 Å². The Balaban J connectivity index is 2.33. The van der Waals surface area contributed by atoms with E-state index < -0.39 is 0 Å². The van der Waals surface area contributed by atoms with Crippen LogP contribution < -0.4 is 0 Å². The second-order valence-electron chi connectivity index (χ2n) is 3.70. The van der Waals surface area contributed by atoms with E-state index >= 15 is 0 Å². The largest absolute Gasteiger partial charge is 0.354 e. The second kappa shape index (κ2) is 5.99. The lowest BCUT2D eigenvalue weighted by atomic mass is 10.2. The van der Waals surface area contributed by atoms with Crippen molar-refractivity contribution in [3.05, 3.63) is 30.3 Å². The van der Waals surface area contributed by atoms with Gasteiger partial charge in [-0.1, -0.05) is 30.3 Å². The molecule has 0 radical (unpaired) electrons. The predicted molar refractivity (Wildman–Crippen MR) is 70.5 cm³/mol. The number of thiol groups is 1. The molecule has 96 valence electrons. The van der Waals surface area contributed by atoms with E-state index in [-0.39, 0.29) is 6.29 Å². The standard InChI is InChI=1S/C12H15N3O2S/c1-16-10(17-2)8-15-11(13-14-12(15)18)9-6-4-3-5-7-9/h3-7,10H,8H2,1-2H3,(H,14,18). The van der Waals surface area contributed by atoms with E-state index in [0.29, 0.717) is 11.7 Å². The Hall–Kier alpha value is -1.37. The number of ether oxygens (including phenoxy) is 2. The Morgan fingerprint density at radius 2 is 1.83 bits per heavy atom. The molecule has 0 aliphatic carbocycles. The molecule has 0 fully saturated rings. The van der Waals surface area contributed by atoms with Gasteiger partial charge in [0.2, 0.25) is 0 Å². The Morgan fingerprint density at radius 3 is 2.44 bits per heavy atom. The van der Waals surface area contributed by atoms with Gasteiger partial charge in [0.05, 0.1) is 6.54 Å². The number of hydrogen-bond acceptors (Lipinski definition) is 5. The van der Waals surface area contributed by atoms with Crippen LogP contribution in [0.3, 0.4) is 0 Å². The zero-order chi connectivity index (χ0) is 13.0. The van der Waals surface area contributed by atoms with Crippen LogP contribution in [-0.4, -0.2) is 35.3 Å². The monoisotopic (exact) mass is 265 g/mol. The molecule has 0 amide bonds. The molecule has 0 N–H and O–H groups in total. The predicted octanol–water partition coefficient (Wildman–Crippen LogP) is 1.85. The topological polar surface area (TPSA) is 49.2 Å². The van der Waals surface area contributed by atoms with Gasteiger partial charge in [0.1, 0.15) is 0 Å². The van der Waals surface area contributed by atoms with Gasteiger partial charge in [0.25, 0.3) is 0 Å². The summed E-state index contributed by atoms with van der Waals surface area (Å²) in [6.45, 7) is 0.489. The smallest absolute Gasteiger partial charge is 0.188 e. The van der Waals surface area contributed by atoms with Crippen molar-refractivity contribution >= 4 is 12.6 Å². The van der Waals surface area contributed by atoms with Gasteiger partial charge in [-0.05, 0) is 0 Å². The highest BCUT2D eigenvalue weighted by atomic mass is 32.1. The van der Waals surface area contributed by atoms with Crippen molar-refractivity contribution in [1.82, 2.24) is 14.8 Å². The Morgan fingerprint density at radius 1 is 1.17 bits per heavy atom. The molecule has 0 aliphatic rings. The minimum atomic E-state index is -0.352. The summed E-state index contributed by atoms with van der Waals surface area (Å²) in [6.07, 6.45) is -0.352. The highest BCUT2D eigenvalue weighted by molar-refractivity contribution is 7.80. The van der Waals surface area contributed by atoms with E-state index in [0.717, 1.165) is 11.4 Å². The quantitative estimate of drug-likeness (QED) is 0.662. The molecule has 0 saturated heterocycles. The van der Waals surface area contributed by atoms with Gasteiger partial charge >= 0.3 is 0 Å². The molecular formula is C12H15N3O2S. The molecule has 1 aromatic carbocycles. The molecule has 1 aromatic heterocycles. The minimum absolute atomic E-state index is 0.352. The van der Waals surface area contributed by atoms with Crippen molar-refractivity contribution in [3.63, 3.8) is 0 Å². The van der Waals surface area contributed by atoms with Crippen LogP contribution in [0, 0.1) is 0 Å². The van der Waals surface area contributed by atoms with Gasteiger partial charge in [-0.15, -0.1) is 22.8 Å². The zero-order valence-corrected chi connectivity index (χ0v) is 11.2. The second-order valence-corrected chi connectivity index (χ2v) is 4.10. The third kappa shape index (κ3) is 2.72. The fourth-order valence-electron chi connectivity index (χ4n) is 1.66. The van der Waals surface area contributed by atoms with Crippen molar-refractivity contribution in [2.75, 3.05) is 14.2 Å². The lowest BCUT2D eigenvalue weighted by Gasteiger charge is -2.15. The first-order chi connectivity index (χ1) is 8.76. The number of benzene rings is 1. The molecule has 1 heterocycles. The highest BCUT2D eigenvalue weighted by Gasteiger charge is 2.15. The molecule has 2 rings (SSSR count). The van der Waals surface area contributed by atoms with E-state index in [4.69, 9.17) is 9.47 Å². The van der Waals surface area contributed by atoms with Crippen molar-refractivity contribution in [1.29, 1.82) is 0 Å². The third-order valence-corrected chi connectivity index (χ3v) is 2.95. The van der Waals surface area contributed by atoms with E-state index in [9.17, 15) is 0 Å². The lowest BCUT2D eigenvalue weighted by Crippen LogP contribution is -2.21. The summed E-state index contributed by atoms with van der Waals surface area (Å²) in [5, 5.41) is 8.65. The van der Waals surface area contributed by atoms with Gasteiger partial charge in [-0.3, -0.25) is 4.57 Å². The molecule has 0 aliphatic heterocycles. The van der Waals surface area contributed by atoms with Crippen LogP contribution in [-0.2, 0) is 16.0 Å². The maximum atomic E-state index is 5.19. The number of methoxy groups -OCH3 is 2. The van der Waals surface area contributed by atoms with Crippen LogP contribution >= 0.6 is 12.6 Å². The number of nitrogens with zero attached hydrogens (tertiary/aromatic N) is 3. The van der Waals surface area contributed by atoms with Crippen LogP contribution in [0.5, 0.6) is 0 Å². The summed E-state index contributed by atoms with van der Waals surface area (Å²) < 4.78 is 12.2. The average Bonchev–Trinajstić information content (AvgIpc) is 2.78. The first kappa shape index (κ1) is 13.1. The van der Waals surface area contributed by atoms with Crippen LogP contribution in [0.1, 0.15) is 0 Å². The van der Waals surface area contributed by atoms with Crippen LogP contribution in [0.4, 0.5) is 0 Å². The Kier molecular flexibility index (Phi) is 4.35. The molecule has 0 spiro atoms. The Labute approximate surface area is 111 Å². The summed E-state index contributed by atoms with van der Waals surface area (Å²) in [4.78, 5) is 0. The molecule has 0 bridgehead atoms. The van der Waals surface area contributed by atoms with E-state index in [1.54, 1.807) is 14.2 Å². The van der Waals surface area contributed by atoms with E-state index in [1.807, 2.05) is 34.9 Å².